The zero-order valence-electron chi connectivity index (χ0n) is 11.7. The van der Waals surface area contributed by atoms with Gasteiger partial charge in [0, 0.05) is 24.3 Å². The molecule has 0 aliphatic carbocycles. The van der Waals surface area contributed by atoms with E-state index < -0.39 is 0 Å². The van der Waals surface area contributed by atoms with Crippen LogP contribution in [0.4, 0.5) is 0 Å². The molecule has 0 fully saturated rings. The van der Waals surface area contributed by atoms with Crippen LogP contribution in [0.25, 0.3) is 11.3 Å². The van der Waals surface area contributed by atoms with Crippen LogP contribution in [0.2, 0.25) is 15.5 Å². The maximum atomic E-state index is 5.79. The van der Waals surface area contributed by atoms with Gasteiger partial charge in [0.15, 0.2) is 11.3 Å². The smallest absolute Gasteiger partial charge is 0.158 e. The van der Waals surface area contributed by atoms with Gasteiger partial charge in [0.2, 0.25) is 0 Å². The molecule has 0 bridgehead atoms. The molecule has 4 aromatic rings. The Morgan fingerprint density at radius 1 is 0.870 bits per heavy atom. The molecular formula is C13H9Cl3N6S. The molecule has 0 aliphatic heterocycles. The Kier molecular flexibility index (Phi) is 4.91. The van der Waals surface area contributed by atoms with Crippen LogP contribution in [0.1, 0.15) is 0 Å². The predicted molar refractivity (Wildman–Crippen MR) is 92.8 cm³/mol. The third-order valence-electron chi connectivity index (χ3n) is 2.79. The van der Waals surface area contributed by atoms with E-state index in [4.69, 9.17) is 34.8 Å². The van der Waals surface area contributed by atoms with Crippen molar-refractivity contribution in [2.24, 2.45) is 0 Å². The van der Waals surface area contributed by atoms with Gasteiger partial charge in [-0.3, -0.25) is 0 Å². The van der Waals surface area contributed by atoms with Crippen molar-refractivity contribution in [3.63, 3.8) is 0 Å². The van der Waals surface area contributed by atoms with Gasteiger partial charge in [-0.1, -0.05) is 34.8 Å². The number of halogens is 3. The van der Waals surface area contributed by atoms with Crippen LogP contribution in [0, 0.1) is 0 Å². The zero-order valence-corrected chi connectivity index (χ0v) is 14.8. The van der Waals surface area contributed by atoms with Crippen molar-refractivity contribution in [2.45, 2.75) is 5.03 Å². The fraction of sp³-hybridized carbons (Fsp3) is 0.0769. The Bertz CT molecular complexity index is 967. The summed E-state index contributed by atoms with van der Waals surface area (Å²) in [5, 5.41) is 10.4. The van der Waals surface area contributed by atoms with Gasteiger partial charge in [0.25, 0.3) is 0 Å². The minimum absolute atomic E-state index is 0.378. The lowest BCUT2D eigenvalue weighted by Gasteiger charge is -2.00. The number of nitrogens with zero attached hydrogens (tertiary/aromatic N) is 6. The summed E-state index contributed by atoms with van der Waals surface area (Å²) in [7, 11) is 0. The van der Waals surface area contributed by atoms with E-state index >= 15 is 0 Å². The standard InChI is InChI=1S/C7H6ClN3S.C6H3Cl2N3/c1-12-7-4-5(8)10-6-2-3-9-11(6)7;7-4-3-5(8)11-6(10-4)1-2-9-11/h2-4H,1H3;1-3H. The van der Waals surface area contributed by atoms with E-state index in [0.717, 1.165) is 10.7 Å². The average Bonchev–Trinajstić information content (AvgIpc) is 3.15. The van der Waals surface area contributed by atoms with Crippen LogP contribution in [0.15, 0.2) is 41.7 Å². The van der Waals surface area contributed by atoms with Crippen LogP contribution in [0.3, 0.4) is 0 Å². The topological polar surface area (TPSA) is 60.4 Å². The second-order valence-corrected chi connectivity index (χ2v) is 6.21. The lowest BCUT2D eigenvalue weighted by molar-refractivity contribution is 0.844. The molecule has 0 atom stereocenters. The second-order valence-electron chi connectivity index (χ2n) is 4.23. The largest absolute Gasteiger partial charge is 0.217 e. The molecule has 0 radical (unpaired) electrons. The molecule has 4 heterocycles. The Hall–Kier alpha value is -1.54. The van der Waals surface area contributed by atoms with Crippen LogP contribution < -0.4 is 0 Å². The quantitative estimate of drug-likeness (QED) is 0.363. The summed E-state index contributed by atoms with van der Waals surface area (Å²) in [6.07, 6.45) is 5.30. The molecule has 0 spiro atoms. The van der Waals surface area contributed by atoms with Crippen molar-refractivity contribution in [1.82, 2.24) is 29.2 Å². The Morgan fingerprint density at radius 2 is 1.43 bits per heavy atom. The first-order chi connectivity index (χ1) is 11.1. The van der Waals surface area contributed by atoms with Gasteiger partial charge in [-0.2, -0.15) is 10.2 Å². The zero-order chi connectivity index (χ0) is 16.4. The summed E-state index contributed by atoms with van der Waals surface area (Å²) in [4.78, 5) is 8.07. The first-order valence-corrected chi connectivity index (χ1v) is 8.64. The summed E-state index contributed by atoms with van der Waals surface area (Å²) in [5.74, 6) is 0. The minimum Gasteiger partial charge on any atom is -0.217 e. The lowest BCUT2D eigenvalue weighted by Crippen LogP contribution is -1.93. The normalized spacial score (nSPS) is 10.8. The number of aromatic nitrogens is 6. The molecule has 0 saturated carbocycles. The molecule has 0 aromatic carbocycles. The number of rotatable bonds is 1. The van der Waals surface area contributed by atoms with Gasteiger partial charge < -0.3 is 0 Å². The van der Waals surface area contributed by atoms with E-state index in [2.05, 4.69) is 20.2 Å². The van der Waals surface area contributed by atoms with E-state index in [0.29, 0.717) is 21.1 Å². The second kappa shape index (κ2) is 6.92. The summed E-state index contributed by atoms with van der Waals surface area (Å²) in [6.45, 7) is 0. The highest BCUT2D eigenvalue weighted by molar-refractivity contribution is 7.98. The van der Waals surface area contributed by atoms with E-state index in [1.54, 1.807) is 46.9 Å². The highest BCUT2D eigenvalue weighted by Gasteiger charge is 2.03. The van der Waals surface area contributed by atoms with Crippen molar-refractivity contribution in [1.29, 1.82) is 0 Å². The van der Waals surface area contributed by atoms with Gasteiger partial charge in [0.05, 0.1) is 12.4 Å². The SMILES string of the molecule is CSc1cc(Cl)nc2ccnn12.Clc1cc(Cl)n2nccc2n1. The van der Waals surface area contributed by atoms with Gasteiger partial charge >= 0.3 is 0 Å². The molecule has 0 aliphatic rings. The molecule has 10 heteroatoms. The molecule has 0 saturated heterocycles. The number of fused-ring (bicyclic) bond motifs is 2. The number of thioether (sulfide) groups is 1. The highest BCUT2D eigenvalue weighted by atomic mass is 35.5. The van der Waals surface area contributed by atoms with Crippen LogP contribution in [-0.2, 0) is 0 Å². The fourth-order valence-corrected chi connectivity index (χ4v) is 3.12. The van der Waals surface area contributed by atoms with E-state index in [1.807, 2.05) is 12.3 Å². The summed E-state index contributed by atoms with van der Waals surface area (Å²) < 4.78 is 3.27. The molecule has 4 rings (SSSR count). The van der Waals surface area contributed by atoms with Gasteiger partial charge in [-0.15, -0.1) is 11.8 Å². The van der Waals surface area contributed by atoms with Crippen molar-refractivity contribution in [3.05, 3.63) is 52.1 Å². The molecule has 0 amide bonds. The van der Waals surface area contributed by atoms with Crippen LogP contribution in [0.5, 0.6) is 0 Å². The third-order valence-corrected chi connectivity index (χ3v) is 4.15. The van der Waals surface area contributed by atoms with E-state index in [1.165, 1.54) is 4.52 Å². The lowest BCUT2D eigenvalue weighted by atomic mass is 10.6. The van der Waals surface area contributed by atoms with Gasteiger partial charge in [0.1, 0.15) is 20.5 Å². The molecule has 118 valence electrons. The highest BCUT2D eigenvalue weighted by Crippen LogP contribution is 2.19. The fourth-order valence-electron chi connectivity index (χ4n) is 1.85. The third kappa shape index (κ3) is 3.53. The molecule has 23 heavy (non-hydrogen) atoms. The van der Waals surface area contributed by atoms with Crippen molar-refractivity contribution >= 4 is 57.9 Å². The van der Waals surface area contributed by atoms with Crippen molar-refractivity contribution < 1.29 is 0 Å². The number of hydrogen-bond acceptors (Lipinski definition) is 5. The first-order valence-electron chi connectivity index (χ1n) is 6.28. The van der Waals surface area contributed by atoms with Crippen LogP contribution in [-0.4, -0.2) is 35.5 Å². The van der Waals surface area contributed by atoms with Crippen molar-refractivity contribution in [2.75, 3.05) is 6.26 Å². The minimum atomic E-state index is 0.378. The first kappa shape index (κ1) is 16.3. The molecule has 4 aromatic heterocycles. The summed E-state index contributed by atoms with van der Waals surface area (Å²) in [6, 6.07) is 6.90. The molecular weight excluding hydrogens is 379 g/mol. The summed E-state index contributed by atoms with van der Waals surface area (Å²) in [5.41, 5.74) is 1.44. The maximum Gasteiger partial charge on any atom is 0.158 e. The summed E-state index contributed by atoms with van der Waals surface area (Å²) >= 11 is 18.8. The Morgan fingerprint density at radius 3 is 2.09 bits per heavy atom. The average molecular weight is 388 g/mol. The molecule has 0 unspecified atom stereocenters. The monoisotopic (exact) mass is 386 g/mol. The Labute approximate surface area is 150 Å². The Balaban J connectivity index is 0.000000136. The predicted octanol–water partition coefficient (Wildman–Crippen LogP) is 4.14. The van der Waals surface area contributed by atoms with Gasteiger partial charge in [-0.05, 0) is 6.26 Å². The molecule has 6 nitrogen and oxygen atoms in total. The van der Waals surface area contributed by atoms with E-state index in [9.17, 15) is 0 Å². The van der Waals surface area contributed by atoms with E-state index in [-0.39, 0.29) is 0 Å². The maximum absolute atomic E-state index is 5.79. The molecule has 0 N–H and O–H groups in total. The van der Waals surface area contributed by atoms with Crippen molar-refractivity contribution in [3.8, 4) is 0 Å². The number of hydrogen-bond donors (Lipinski definition) is 0. The van der Waals surface area contributed by atoms with Crippen LogP contribution >= 0.6 is 46.6 Å². The van der Waals surface area contributed by atoms with Gasteiger partial charge in [-0.25, -0.2) is 19.0 Å².